The number of hydrogen-bond donors (Lipinski definition) is 3. The molecule has 1 aliphatic heterocycles. The highest BCUT2D eigenvalue weighted by molar-refractivity contribution is 7.45. The summed E-state index contributed by atoms with van der Waals surface area (Å²) in [6.07, 6.45) is 5.53. The van der Waals surface area contributed by atoms with Crippen molar-refractivity contribution in [2.24, 2.45) is 0 Å². The van der Waals surface area contributed by atoms with E-state index in [1.165, 1.54) is 16.7 Å². The molecule has 0 aromatic heterocycles. The predicted molar refractivity (Wildman–Crippen MR) is 142 cm³/mol. The van der Waals surface area contributed by atoms with Crippen molar-refractivity contribution >= 4 is 7.82 Å². The number of ether oxygens (including phenoxy) is 1. The molecule has 1 saturated heterocycles. The zero-order valence-electron chi connectivity index (χ0n) is 20.3. The van der Waals surface area contributed by atoms with Crippen LogP contribution in [0.15, 0.2) is 103 Å². The average molecular weight is 511 g/mol. The van der Waals surface area contributed by atoms with Gasteiger partial charge in [-0.25, -0.2) is 4.57 Å². The van der Waals surface area contributed by atoms with Gasteiger partial charge in [-0.15, -0.1) is 0 Å². The monoisotopic (exact) mass is 510 g/mol. The number of rotatable bonds is 9. The maximum absolute atomic E-state index is 8.88. The molecule has 3 N–H and O–H groups in total. The summed E-state index contributed by atoms with van der Waals surface area (Å²) >= 11 is 0. The molecule has 0 saturated carbocycles. The van der Waals surface area contributed by atoms with Gasteiger partial charge in [-0.05, 0) is 29.3 Å². The molecule has 1 fully saturated rings. The van der Waals surface area contributed by atoms with E-state index >= 15 is 0 Å². The first-order valence-electron chi connectivity index (χ1n) is 12.1. The number of allylic oxidation sites excluding steroid dienone is 1. The molecular formula is C28H35N2O5P. The summed E-state index contributed by atoms with van der Waals surface area (Å²) in [6.45, 7) is 6.02. The molecule has 0 aliphatic carbocycles. The fourth-order valence-electron chi connectivity index (χ4n) is 4.03. The largest absolute Gasteiger partial charge is 0.466 e. The fraction of sp³-hybridized carbons (Fsp3) is 0.286. The van der Waals surface area contributed by atoms with Gasteiger partial charge in [0.2, 0.25) is 0 Å². The second-order valence-electron chi connectivity index (χ2n) is 8.54. The van der Waals surface area contributed by atoms with Crippen molar-refractivity contribution in [3.63, 3.8) is 0 Å². The average Bonchev–Trinajstić information content (AvgIpc) is 2.88. The van der Waals surface area contributed by atoms with Gasteiger partial charge < -0.3 is 24.3 Å². The summed E-state index contributed by atoms with van der Waals surface area (Å²) in [5, 5.41) is 0. The molecule has 1 heterocycles. The van der Waals surface area contributed by atoms with Crippen molar-refractivity contribution in [3.05, 3.63) is 120 Å². The van der Waals surface area contributed by atoms with E-state index in [0.29, 0.717) is 0 Å². The van der Waals surface area contributed by atoms with Crippen molar-refractivity contribution < 1.29 is 24.0 Å². The molecule has 7 nitrogen and oxygen atoms in total. The van der Waals surface area contributed by atoms with E-state index in [0.717, 1.165) is 45.8 Å². The minimum absolute atomic E-state index is 0.00962. The molecule has 0 unspecified atom stereocenters. The highest BCUT2D eigenvalue weighted by Crippen LogP contribution is 2.26. The molecule has 8 heteroatoms. The van der Waals surface area contributed by atoms with Gasteiger partial charge in [0.25, 0.3) is 0 Å². The van der Waals surface area contributed by atoms with Crippen LogP contribution in [0.5, 0.6) is 0 Å². The Morgan fingerprint density at radius 1 is 0.778 bits per heavy atom. The molecule has 1 aliphatic rings. The molecule has 0 radical (unpaired) electrons. The Hall–Kier alpha value is -2.77. The zero-order chi connectivity index (χ0) is 25.6. The first-order chi connectivity index (χ1) is 17.4. The third-order valence-electron chi connectivity index (χ3n) is 5.82. The lowest BCUT2D eigenvalue weighted by atomic mass is 10.0. The lowest BCUT2D eigenvalue weighted by molar-refractivity contribution is 0.0502. The fourth-order valence-corrected chi connectivity index (χ4v) is 4.03. The number of piperazine rings is 1. The van der Waals surface area contributed by atoms with Crippen LogP contribution in [0.1, 0.15) is 22.8 Å². The van der Waals surface area contributed by atoms with Crippen LogP contribution >= 0.6 is 7.82 Å². The summed E-state index contributed by atoms with van der Waals surface area (Å²) in [5.41, 5.74) is 3.78. The van der Waals surface area contributed by atoms with Crippen LogP contribution in [0, 0.1) is 0 Å². The summed E-state index contributed by atoms with van der Waals surface area (Å²) in [4.78, 5) is 26.5. The van der Waals surface area contributed by atoms with Crippen LogP contribution in [0.3, 0.4) is 0 Å². The smallest absolute Gasteiger partial charge is 0.375 e. The van der Waals surface area contributed by atoms with Crippen LogP contribution in [-0.2, 0) is 15.7 Å². The molecule has 3 aromatic rings. The Morgan fingerprint density at radius 2 is 1.25 bits per heavy atom. The normalized spacial score (nSPS) is 14.6. The minimum atomic E-state index is -4.64. The van der Waals surface area contributed by atoms with E-state index in [-0.39, 0.29) is 6.10 Å². The Bertz CT molecular complexity index is 1020. The van der Waals surface area contributed by atoms with Crippen LogP contribution in [0.25, 0.3) is 0 Å². The third kappa shape index (κ3) is 10.9. The van der Waals surface area contributed by atoms with E-state index < -0.39 is 7.82 Å². The molecule has 0 spiro atoms. The number of hydrogen-bond acceptors (Lipinski definition) is 4. The van der Waals surface area contributed by atoms with Crippen molar-refractivity contribution in [2.75, 3.05) is 39.3 Å². The van der Waals surface area contributed by atoms with Gasteiger partial charge in [-0.3, -0.25) is 4.90 Å². The zero-order valence-corrected chi connectivity index (χ0v) is 21.2. The summed E-state index contributed by atoms with van der Waals surface area (Å²) in [6, 6.07) is 31.7. The number of nitrogens with zero attached hydrogens (tertiary/aromatic N) is 2. The number of benzene rings is 3. The van der Waals surface area contributed by atoms with Gasteiger partial charge in [-0.2, -0.15) is 0 Å². The van der Waals surface area contributed by atoms with Crippen LogP contribution < -0.4 is 0 Å². The van der Waals surface area contributed by atoms with Crippen LogP contribution in [0.2, 0.25) is 0 Å². The standard InChI is InChI=1S/C28H32N2O.H3O4P/c1-4-11-25(12-5-1)13-10-18-29-19-21-30(22-20-29)23-24-31-28(26-14-6-2-7-15-26)27-16-8-3-9-17-27;1-5(2,3)4/h1-12,14-18,28H,13,19-24H2;(H3,1,2,3,4)/b18-10+;. The summed E-state index contributed by atoms with van der Waals surface area (Å²) in [5.74, 6) is 0. The maximum atomic E-state index is 8.88. The van der Waals surface area contributed by atoms with Gasteiger partial charge in [0.1, 0.15) is 6.10 Å². The second kappa shape index (κ2) is 14.7. The molecule has 3 aromatic carbocycles. The Morgan fingerprint density at radius 3 is 1.75 bits per heavy atom. The van der Waals surface area contributed by atoms with Crippen molar-refractivity contribution in [1.29, 1.82) is 0 Å². The minimum Gasteiger partial charge on any atom is -0.375 e. The summed E-state index contributed by atoms with van der Waals surface area (Å²) < 4.78 is 15.3. The van der Waals surface area contributed by atoms with Crippen molar-refractivity contribution in [1.82, 2.24) is 9.80 Å². The van der Waals surface area contributed by atoms with Gasteiger partial charge >= 0.3 is 7.82 Å². The van der Waals surface area contributed by atoms with Crippen LogP contribution in [0.4, 0.5) is 0 Å². The lowest BCUT2D eigenvalue weighted by Gasteiger charge is -2.34. The maximum Gasteiger partial charge on any atom is 0.466 e. The SMILES string of the molecule is C(=C\N1CCN(CCOC(c2ccccc2)c2ccccc2)CC1)/Cc1ccccc1.O=P(O)(O)O. The highest BCUT2D eigenvalue weighted by Gasteiger charge is 2.17. The van der Waals surface area contributed by atoms with Gasteiger partial charge in [0, 0.05) is 32.7 Å². The highest BCUT2D eigenvalue weighted by atomic mass is 31.2. The third-order valence-corrected chi connectivity index (χ3v) is 5.82. The lowest BCUT2D eigenvalue weighted by Crippen LogP contribution is -2.45. The quantitative estimate of drug-likeness (QED) is 0.371. The molecule has 36 heavy (non-hydrogen) atoms. The predicted octanol–water partition coefficient (Wildman–Crippen LogP) is 4.24. The molecule has 0 amide bonds. The van der Waals surface area contributed by atoms with Crippen molar-refractivity contribution in [2.45, 2.75) is 12.5 Å². The van der Waals surface area contributed by atoms with E-state index in [9.17, 15) is 0 Å². The Labute approximate surface area is 213 Å². The summed E-state index contributed by atoms with van der Waals surface area (Å²) in [7, 11) is -4.64. The van der Waals surface area contributed by atoms with E-state index in [2.05, 4.69) is 113 Å². The number of phosphoric acid groups is 1. The van der Waals surface area contributed by atoms with Gasteiger partial charge in [0.15, 0.2) is 0 Å². The second-order valence-corrected chi connectivity index (χ2v) is 9.56. The Kier molecular flexibility index (Phi) is 11.4. The molecule has 192 valence electrons. The van der Waals surface area contributed by atoms with Gasteiger partial charge in [0.05, 0.1) is 6.61 Å². The van der Waals surface area contributed by atoms with Crippen molar-refractivity contribution in [3.8, 4) is 0 Å². The Balaban J connectivity index is 0.000000658. The topological polar surface area (TPSA) is 93.5 Å². The molecular weight excluding hydrogens is 475 g/mol. The van der Waals surface area contributed by atoms with Gasteiger partial charge in [-0.1, -0.05) is 97.1 Å². The molecule has 0 atom stereocenters. The first-order valence-corrected chi connectivity index (χ1v) is 13.6. The van der Waals surface area contributed by atoms with Crippen LogP contribution in [-0.4, -0.2) is 63.8 Å². The molecule has 4 rings (SSSR count). The molecule has 0 bridgehead atoms. The van der Waals surface area contributed by atoms with E-state index in [1.54, 1.807) is 0 Å². The van der Waals surface area contributed by atoms with E-state index in [4.69, 9.17) is 24.0 Å². The first kappa shape index (κ1) is 27.8. The van der Waals surface area contributed by atoms with E-state index in [1.807, 2.05) is 0 Å².